The van der Waals surface area contributed by atoms with Crippen molar-refractivity contribution in [1.29, 1.82) is 0 Å². The van der Waals surface area contributed by atoms with Gasteiger partial charge in [-0.1, -0.05) is 11.3 Å². The van der Waals surface area contributed by atoms with Gasteiger partial charge in [-0.15, -0.1) is 0 Å². The van der Waals surface area contributed by atoms with Crippen LogP contribution in [-0.2, 0) is 16.6 Å². The highest BCUT2D eigenvalue weighted by molar-refractivity contribution is 7.22. The van der Waals surface area contributed by atoms with Gasteiger partial charge in [0.05, 0.1) is 34.7 Å². The fraction of sp³-hybridized carbons (Fsp3) is 0.368. The molecule has 3 heterocycles. The maximum Gasteiger partial charge on any atom is 0.296 e. The number of nitrogens with zero attached hydrogens (tertiary/aromatic N) is 4. The molecule has 1 N–H and O–H groups in total. The molecule has 0 spiro atoms. The Morgan fingerprint density at radius 1 is 1.21 bits per heavy atom. The Bertz CT molecular complexity index is 1070. The monoisotopic (exact) mass is 399 g/mol. The topological polar surface area (TPSA) is 89.3 Å². The van der Waals surface area contributed by atoms with Crippen LogP contribution in [0, 0.1) is 13.8 Å². The van der Waals surface area contributed by atoms with Crippen LogP contribution >= 0.6 is 11.3 Å². The first-order valence-corrected chi connectivity index (χ1v) is 9.85. The number of aromatic nitrogens is 3. The maximum absolute atomic E-state index is 12.6. The number of fused-ring (bicyclic) bond motifs is 1. The molecule has 146 valence electrons. The first-order valence-electron chi connectivity index (χ1n) is 9.03. The van der Waals surface area contributed by atoms with Crippen molar-refractivity contribution in [3.8, 4) is 0 Å². The Labute approximate surface area is 166 Å². The molecular weight excluding hydrogens is 378 g/mol. The SMILES string of the molecule is Cc1nn(C)c(C)c1C(=O)C(=O)Nc1ccc2nc(N3CCOCC3)sc2c1. The van der Waals surface area contributed by atoms with Crippen molar-refractivity contribution >= 4 is 44.1 Å². The summed E-state index contributed by atoms with van der Waals surface area (Å²) in [5.41, 5.74) is 3.02. The summed E-state index contributed by atoms with van der Waals surface area (Å²) in [6.45, 7) is 6.55. The quantitative estimate of drug-likeness (QED) is 0.535. The molecular formula is C19H21N5O3S. The lowest BCUT2D eigenvalue weighted by atomic mass is 10.1. The third-order valence-corrected chi connectivity index (χ3v) is 5.94. The number of rotatable bonds is 4. The highest BCUT2D eigenvalue weighted by Crippen LogP contribution is 2.31. The number of aryl methyl sites for hydroxylation is 2. The van der Waals surface area contributed by atoms with E-state index in [2.05, 4.69) is 20.3 Å². The van der Waals surface area contributed by atoms with Crippen molar-refractivity contribution in [3.63, 3.8) is 0 Å². The van der Waals surface area contributed by atoms with Crippen LogP contribution in [0.4, 0.5) is 10.8 Å². The van der Waals surface area contributed by atoms with Crippen LogP contribution in [0.1, 0.15) is 21.7 Å². The molecule has 1 fully saturated rings. The van der Waals surface area contributed by atoms with E-state index < -0.39 is 11.7 Å². The number of ketones is 1. The summed E-state index contributed by atoms with van der Waals surface area (Å²) < 4.78 is 7.95. The van der Waals surface area contributed by atoms with E-state index in [9.17, 15) is 9.59 Å². The summed E-state index contributed by atoms with van der Waals surface area (Å²) in [6.07, 6.45) is 0. The molecule has 1 aliphatic heterocycles. The molecule has 1 saturated heterocycles. The molecule has 0 radical (unpaired) electrons. The number of benzene rings is 1. The molecule has 1 aromatic carbocycles. The van der Waals surface area contributed by atoms with Crippen LogP contribution in [0.15, 0.2) is 18.2 Å². The maximum atomic E-state index is 12.6. The molecule has 2 aromatic heterocycles. The van der Waals surface area contributed by atoms with Gasteiger partial charge < -0.3 is 15.0 Å². The lowest BCUT2D eigenvalue weighted by Gasteiger charge is -2.25. The molecule has 9 heteroatoms. The van der Waals surface area contributed by atoms with E-state index in [4.69, 9.17) is 4.74 Å². The van der Waals surface area contributed by atoms with E-state index in [1.54, 1.807) is 43.0 Å². The Morgan fingerprint density at radius 3 is 2.64 bits per heavy atom. The second-order valence-electron chi connectivity index (χ2n) is 6.73. The van der Waals surface area contributed by atoms with Crippen molar-refractivity contribution in [2.75, 3.05) is 36.5 Å². The molecule has 0 bridgehead atoms. The molecule has 1 amide bonds. The largest absolute Gasteiger partial charge is 0.378 e. The number of amides is 1. The summed E-state index contributed by atoms with van der Waals surface area (Å²) in [5.74, 6) is -1.25. The zero-order chi connectivity index (χ0) is 19.8. The van der Waals surface area contributed by atoms with Crippen LogP contribution in [0.5, 0.6) is 0 Å². The van der Waals surface area contributed by atoms with Gasteiger partial charge in [-0.3, -0.25) is 14.3 Å². The van der Waals surface area contributed by atoms with E-state index in [0.717, 1.165) is 28.4 Å². The van der Waals surface area contributed by atoms with Gasteiger partial charge in [0.15, 0.2) is 5.13 Å². The molecule has 8 nitrogen and oxygen atoms in total. The molecule has 28 heavy (non-hydrogen) atoms. The Hall–Kier alpha value is -2.78. The number of nitrogens with one attached hydrogen (secondary N) is 1. The zero-order valence-electron chi connectivity index (χ0n) is 16.0. The summed E-state index contributed by atoms with van der Waals surface area (Å²) >= 11 is 1.57. The molecule has 0 aliphatic carbocycles. The first kappa shape index (κ1) is 18.6. The number of hydrogen-bond donors (Lipinski definition) is 1. The number of Topliss-reactive ketones (excluding diaryl/α,β-unsaturated/α-hetero) is 1. The number of morpholine rings is 1. The smallest absolute Gasteiger partial charge is 0.296 e. The van der Waals surface area contributed by atoms with Crippen molar-refractivity contribution in [2.45, 2.75) is 13.8 Å². The third-order valence-electron chi connectivity index (χ3n) is 4.86. The number of ether oxygens (including phenoxy) is 1. The van der Waals surface area contributed by atoms with E-state index in [0.29, 0.717) is 35.9 Å². The lowest BCUT2D eigenvalue weighted by molar-refractivity contribution is -0.112. The van der Waals surface area contributed by atoms with Gasteiger partial charge in [0.1, 0.15) is 0 Å². The van der Waals surface area contributed by atoms with Gasteiger partial charge in [-0.2, -0.15) is 5.10 Å². The van der Waals surface area contributed by atoms with Crippen LogP contribution in [0.25, 0.3) is 10.2 Å². The summed E-state index contributed by atoms with van der Waals surface area (Å²) in [5, 5.41) is 7.85. The van der Waals surface area contributed by atoms with E-state index in [1.165, 1.54) is 0 Å². The molecule has 0 atom stereocenters. The Balaban J connectivity index is 1.54. The van der Waals surface area contributed by atoms with Gasteiger partial charge in [0.2, 0.25) is 0 Å². The lowest BCUT2D eigenvalue weighted by Crippen LogP contribution is -2.36. The number of thiazole rings is 1. The number of hydrogen-bond acceptors (Lipinski definition) is 7. The van der Waals surface area contributed by atoms with Crippen LogP contribution < -0.4 is 10.2 Å². The van der Waals surface area contributed by atoms with Gasteiger partial charge >= 0.3 is 0 Å². The second-order valence-corrected chi connectivity index (χ2v) is 7.74. The van der Waals surface area contributed by atoms with Crippen molar-refractivity contribution in [2.24, 2.45) is 7.05 Å². The zero-order valence-corrected chi connectivity index (χ0v) is 16.8. The standard InChI is InChI=1S/C19H21N5O3S/c1-11-16(12(2)23(3)22-11)17(25)18(26)20-13-4-5-14-15(10-13)28-19(21-14)24-6-8-27-9-7-24/h4-5,10H,6-9H2,1-3H3,(H,20,26). The van der Waals surface area contributed by atoms with Crippen LogP contribution in [0.2, 0.25) is 0 Å². The minimum Gasteiger partial charge on any atom is -0.378 e. The highest BCUT2D eigenvalue weighted by Gasteiger charge is 2.24. The van der Waals surface area contributed by atoms with Gasteiger partial charge in [-0.25, -0.2) is 4.98 Å². The second kappa shape index (κ2) is 7.33. The fourth-order valence-corrected chi connectivity index (χ4v) is 4.34. The molecule has 4 rings (SSSR count). The molecule has 3 aromatic rings. The average Bonchev–Trinajstić information content (AvgIpc) is 3.22. The van der Waals surface area contributed by atoms with Crippen molar-refractivity contribution < 1.29 is 14.3 Å². The number of anilines is 2. The Morgan fingerprint density at radius 2 is 1.96 bits per heavy atom. The normalized spacial score (nSPS) is 14.5. The first-order chi connectivity index (χ1) is 13.4. The molecule has 0 unspecified atom stereocenters. The summed E-state index contributed by atoms with van der Waals surface area (Å²) in [6, 6.07) is 5.47. The van der Waals surface area contributed by atoms with Crippen LogP contribution in [-0.4, -0.2) is 52.8 Å². The summed E-state index contributed by atoms with van der Waals surface area (Å²) in [4.78, 5) is 31.9. The van der Waals surface area contributed by atoms with Crippen molar-refractivity contribution in [3.05, 3.63) is 35.2 Å². The predicted octanol–water partition coefficient (Wildman–Crippen LogP) is 2.30. The fourth-order valence-electron chi connectivity index (χ4n) is 3.28. The van der Waals surface area contributed by atoms with Crippen LogP contribution in [0.3, 0.4) is 0 Å². The minimum absolute atomic E-state index is 0.355. The third kappa shape index (κ3) is 3.38. The van der Waals surface area contributed by atoms with Crippen molar-refractivity contribution in [1.82, 2.24) is 14.8 Å². The van der Waals surface area contributed by atoms with E-state index in [-0.39, 0.29) is 0 Å². The number of carbonyl (C=O) groups excluding carboxylic acids is 2. The van der Waals surface area contributed by atoms with Gasteiger partial charge in [0, 0.05) is 31.5 Å². The highest BCUT2D eigenvalue weighted by atomic mass is 32.1. The summed E-state index contributed by atoms with van der Waals surface area (Å²) in [7, 11) is 1.75. The Kier molecular flexibility index (Phi) is 4.86. The molecule has 0 saturated carbocycles. The molecule has 1 aliphatic rings. The van der Waals surface area contributed by atoms with E-state index >= 15 is 0 Å². The van der Waals surface area contributed by atoms with E-state index in [1.807, 2.05) is 12.1 Å². The minimum atomic E-state index is -0.670. The average molecular weight is 399 g/mol. The van der Waals surface area contributed by atoms with Gasteiger partial charge in [0.25, 0.3) is 11.7 Å². The van der Waals surface area contributed by atoms with Gasteiger partial charge in [-0.05, 0) is 32.0 Å². The number of carbonyl (C=O) groups is 2. The predicted molar refractivity (Wildman–Crippen MR) is 108 cm³/mol.